The highest BCUT2D eigenvalue weighted by Crippen LogP contribution is 2.21. The smallest absolute Gasteiger partial charge is 0.313 e. The van der Waals surface area contributed by atoms with Gasteiger partial charge in [-0.25, -0.2) is 4.39 Å². The average molecular weight is 346 g/mol. The van der Waals surface area contributed by atoms with Crippen LogP contribution >= 0.6 is 0 Å². The molecule has 6 nitrogen and oxygen atoms in total. The maximum absolute atomic E-state index is 13.6. The van der Waals surface area contributed by atoms with Crippen molar-refractivity contribution in [3.8, 4) is 0 Å². The van der Waals surface area contributed by atoms with Crippen LogP contribution in [0.4, 0.5) is 10.1 Å². The first-order chi connectivity index (χ1) is 11.6. The molecule has 2 N–H and O–H groups in total. The van der Waals surface area contributed by atoms with Crippen LogP contribution in [0.1, 0.15) is 45.0 Å². The van der Waals surface area contributed by atoms with Gasteiger partial charge in [0.15, 0.2) is 0 Å². The molecule has 0 saturated carbocycles. The number of hydrogen-bond donors (Lipinski definition) is 2. The zero-order valence-electron chi connectivity index (χ0n) is 15.1. The van der Waals surface area contributed by atoms with Crippen molar-refractivity contribution in [3.63, 3.8) is 0 Å². The normalized spacial score (nSPS) is 12.6. The molecule has 0 aliphatic rings. The molecule has 0 bridgehead atoms. The first kappa shape index (κ1) is 18.6. The first-order valence-electron chi connectivity index (χ1n) is 8.02. The third-order valence-corrected chi connectivity index (χ3v) is 3.77. The van der Waals surface area contributed by atoms with E-state index in [1.807, 2.05) is 38.6 Å². The Kier molecular flexibility index (Phi) is 5.25. The molecule has 0 aliphatic heterocycles. The molecule has 0 spiro atoms. The fraction of sp³-hybridized carbons (Fsp3) is 0.389. The summed E-state index contributed by atoms with van der Waals surface area (Å²) in [6.45, 7) is 9.68. The lowest BCUT2D eigenvalue weighted by Crippen LogP contribution is -2.37. The van der Waals surface area contributed by atoms with Crippen LogP contribution in [-0.2, 0) is 15.1 Å². The Morgan fingerprint density at radius 2 is 1.84 bits per heavy atom. The number of hydrogen-bond acceptors (Lipinski definition) is 3. The lowest BCUT2D eigenvalue weighted by Gasteiger charge is -2.19. The van der Waals surface area contributed by atoms with Crippen LogP contribution in [0, 0.1) is 12.7 Å². The van der Waals surface area contributed by atoms with Crippen molar-refractivity contribution in [1.82, 2.24) is 15.1 Å². The van der Waals surface area contributed by atoms with E-state index < -0.39 is 23.7 Å². The Balaban J connectivity index is 2.06. The minimum absolute atomic E-state index is 0.0352. The Morgan fingerprint density at radius 1 is 1.20 bits per heavy atom. The van der Waals surface area contributed by atoms with Crippen molar-refractivity contribution in [1.29, 1.82) is 0 Å². The number of aromatic nitrogens is 2. The van der Waals surface area contributed by atoms with E-state index in [9.17, 15) is 14.0 Å². The number of amides is 2. The topological polar surface area (TPSA) is 76.0 Å². The number of para-hydroxylation sites is 1. The van der Waals surface area contributed by atoms with E-state index in [1.165, 1.54) is 18.2 Å². The summed E-state index contributed by atoms with van der Waals surface area (Å²) in [4.78, 5) is 24.1. The molecule has 0 radical (unpaired) electrons. The lowest BCUT2D eigenvalue weighted by molar-refractivity contribution is -0.136. The molecule has 1 heterocycles. The van der Waals surface area contributed by atoms with Crippen LogP contribution in [0.2, 0.25) is 0 Å². The predicted molar refractivity (Wildman–Crippen MR) is 93.5 cm³/mol. The molecule has 25 heavy (non-hydrogen) atoms. The van der Waals surface area contributed by atoms with Gasteiger partial charge in [-0.05, 0) is 46.8 Å². The molecule has 1 aromatic carbocycles. The summed E-state index contributed by atoms with van der Waals surface area (Å²) in [5.41, 5.74) is 1.38. The molecule has 7 heteroatoms. The van der Waals surface area contributed by atoms with Gasteiger partial charge < -0.3 is 10.6 Å². The largest absolute Gasteiger partial charge is 0.341 e. The minimum Gasteiger partial charge on any atom is -0.341 e. The number of nitrogens with one attached hydrogen (secondary N) is 2. The van der Waals surface area contributed by atoms with Crippen LogP contribution in [0.5, 0.6) is 0 Å². The van der Waals surface area contributed by atoms with Crippen molar-refractivity contribution in [2.45, 2.75) is 46.2 Å². The summed E-state index contributed by atoms with van der Waals surface area (Å²) in [6, 6.07) is 5.27. The third-order valence-electron chi connectivity index (χ3n) is 3.77. The fourth-order valence-corrected chi connectivity index (χ4v) is 2.32. The number of carbonyl (C=O) groups is 2. The zero-order valence-corrected chi connectivity index (χ0v) is 15.1. The highest BCUT2D eigenvalue weighted by molar-refractivity contribution is 6.39. The number of anilines is 1. The molecular weight excluding hydrogens is 323 g/mol. The number of benzene rings is 1. The van der Waals surface area contributed by atoms with Gasteiger partial charge in [0.2, 0.25) is 0 Å². The molecule has 0 aliphatic carbocycles. The second-order valence-electron chi connectivity index (χ2n) is 6.91. The summed E-state index contributed by atoms with van der Waals surface area (Å²) in [5, 5.41) is 9.33. The maximum atomic E-state index is 13.6. The molecule has 2 amide bonds. The van der Waals surface area contributed by atoms with Crippen LogP contribution in [0.25, 0.3) is 0 Å². The SMILES string of the molecule is Cc1nn(C(C)(C)C)cc1C(C)NC(=O)C(=O)Nc1ccccc1F. The van der Waals surface area contributed by atoms with Gasteiger partial charge in [-0.1, -0.05) is 12.1 Å². The minimum atomic E-state index is -0.919. The molecule has 1 unspecified atom stereocenters. The highest BCUT2D eigenvalue weighted by Gasteiger charge is 2.22. The van der Waals surface area contributed by atoms with Crippen molar-refractivity contribution in [3.05, 3.63) is 47.5 Å². The van der Waals surface area contributed by atoms with Crippen LogP contribution in [-0.4, -0.2) is 21.6 Å². The lowest BCUT2D eigenvalue weighted by atomic mass is 10.1. The summed E-state index contributed by atoms with van der Waals surface area (Å²) in [5.74, 6) is -2.35. The second kappa shape index (κ2) is 7.04. The molecule has 2 rings (SSSR count). The van der Waals surface area contributed by atoms with E-state index >= 15 is 0 Å². The molecule has 0 saturated heterocycles. The molecule has 1 aromatic heterocycles. The van der Waals surface area contributed by atoms with Crippen LogP contribution in [0.3, 0.4) is 0 Å². The van der Waals surface area contributed by atoms with Gasteiger partial charge in [-0.3, -0.25) is 14.3 Å². The van der Waals surface area contributed by atoms with Gasteiger partial charge in [-0.2, -0.15) is 5.10 Å². The maximum Gasteiger partial charge on any atom is 0.313 e. The van der Waals surface area contributed by atoms with Gasteiger partial charge in [0.25, 0.3) is 0 Å². The average Bonchev–Trinajstić information content (AvgIpc) is 2.91. The summed E-state index contributed by atoms with van der Waals surface area (Å²) in [6.07, 6.45) is 1.86. The van der Waals surface area contributed by atoms with Gasteiger partial charge in [0.1, 0.15) is 5.82 Å². The number of halogens is 1. The van der Waals surface area contributed by atoms with Gasteiger partial charge in [-0.15, -0.1) is 0 Å². The number of rotatable bonds is 3. The van der Waals surface area contributed by atoms with Gasteiger partial charge in [0.05, 0.1) is 23.0 Å². The molecular formula is C18H23FN4O2. The van der Waals surface area contributed by atoms with Gasteiger partial charge >= 0.3 is 11.8 Å². The summed E-state index contributed by atoms with van der Waals surface area (Å²) in [7, 11) is 0. The van der Waals surface area contributed by atoms with Crippen molar-refractivity contribution in [2.24, 2.45) is 0 Å². The standard InChI is InChI=1S/C18H23FN4O2/c1-11(13-10-23(18(3,4)5)22-12(13)2)20-16(24)17(25)21-15-9-7-6-8-14(15)19/h6-11H,1-5H3,(H,20,24)(H,21,25). The Hall–Kier alpha value is -2.70. The van der Waals surface area contributed by atoms with Crippen molar-refractivity contribution >= 4 is 17.5 Å². The third kappa shape index (κ3) is 4.43. The highest BCUT2D eigenvalue weighted by atomic mass is 19.1. The molecule has 0 fully saturated rings. The fourth-order valence-electron chi connectivity index (χ4n) is 2.32. The van der Waals surface area contributed by atoms with Crippen molar-refractivity contribution in [2.75, 3.05) is 5.32 Å². The predicted octanol–water partition coefficient (Wildman–Crippen LogP) is 2.90. The van der Waals surface area contributed by atoms with Crippen LogP contribution in [0.15, 0.2) is 30.5 Å². The Morgan fingerprint density at radius 3 is 2.40 bits per heavy atom. The van der Waals surface area contributed by atoms with E-state index in [4.69, 9.17) is 0 Å². The number of nitrogens with zero attached hydrogens (tertiary/aromatic N) is 2. The first-order valence-corrected chi connectivity index (χ1v) is 8.02. The van der Waals surface area contributed by atoms with E-state index in [2.05, 4.69) is 15.7 Å². The quantitative estimate of drug-likeness (QED) is 0.839. The summed E-state index contributed by atoms with van der Waals surface area (Å²) < 4.78 is 15.4. The van der Waals surface area contributed by atoms with E-state index in [-0.39, 0.29) is 11.2 Å². The Labute approximate surface area is 146 Å². The molecule has 2 aromatic rings. The van der Waals surface area contributed by atoms with E-state index in [0.717, 1.165) is 11.3 Å². The molecule has 1 atom stereocenters. The Bertz CT molecular complexity index is 793. The van der Waals surface area contributed by atoms with E-state index in [0.29, 0.717) is 0 Å². The monoisotopic (exact) mass is 346 g/mol. The molecule has 134 valence electrons. The van der Waals surface area contributed by atoms with Crippen LogP contribution < -0.4 is 10.6 Å². The van der Waals surface area contributed by atoms with E-state index in [1.54, 1.807) is 13.0 Å². The summed E-state index contributed by atoms with van der Waals surface area (Å²) >= 11 is 0. The second-order valence-corrected chi connectivity index (χ2v) is 6.91. The van der Waals surface area contributed by atoms with Gasteiger partial charge in [0, 0.05) is 11.8 Å². The number of carbonyl (C=O) groups excluding carboxylic acids is 2. The van der Waals surface area contributed by atoms with Crippen molar-refractivity contribution < 1.29 is 14.0 Å². The zero-order chi connectivity index (χ0) is 18.8. The number of aryl methyl sites for hydroxylation is 1.